The molecule has 1 aliphatic rings. The van der Waals surface area contributed by atoms with Gasteiger partial charge in [-0.3, -0.25) is 4.90 Å². The molecule has 142 valence electrons. The number of rotatable bonds is 4. The molecular formula is C21H25ClN4O. The second-order valence-electron chi connectivity index (χ2n) is 6.67. The lowest BCUT2D eigenvalue weighted by atomic mass is 10.1. The van der Waals surface area contributed by atoms with Crippen molar-refractivity contribution >= 4 is 35.0 Å². The maximum Gasteiger partial charge on any atom is 0.319 e. The lowest BCUT2D eigenvalue weighted by Crippen LogP contribution is -2.38. The van der Waals surface area contributed by atoms with Gasteiger partial charge in [-0.2, -0.15) is 0 Å². The monoisotopic (exact) mass is 384 g/mol. The number of nitrogens with one attached hydrogen (secondary N) is 1. The van der Waals surface area contributed by atoms with Gasteiger partial charge in [0.25, 0.3) is 0 Å². The molecule has 0 radical (unpaired) electrons. The zero-order chi connectivity index (χ0) is 17.9. The molecule has 1 aromatic heterocycles. The van der Waals surface area contributed by atoms with E-state index in [1.807, 2.05) is 30.3 Å². The van der Waals surface area contributed by atoms with Crippen LogP contribution in [-0.2, 0) is 19.4 Å². The van der Waals surface area contributed by atoms with E-state index in [1.54, 1.807) is 4.90 Å². The van der Waals surface area contributed by atoms with Crippen molar-refractivity contribution < 1.29 is 4.79 Å². The zero-order valence-electron chi connectivity index (χ0n) is 15.2. The summed E-state index contributed by atoms with van der Waals surface area (Å²) in [6.07, 6.45) is 2.05. The van der Waals surface area contributed by atoms with Crippen molar-refractivity contribution in [2.45, 2.75) is 19.4 Å². The number of carbonyl (C=O) groups excluding carboxylic acids is 1. The van der Waals surface area contributed by atoms with Gasteiger partial charge in [0.05, 0.1) is 0 Å². The van der Waals surface area contributed by atoms with Crippen molar-refractivity contribution in [2.75, 3.05) is 24.5 Å². The van der Waals surface area contributed by atoms with Crippen LogP contribution in [0.4, 0.5) is 10.5 Å². The van der Waals surface area contributed by atoms with Crippen molar-refractivity contribution in [2.24, 2.45) is 5.73 Å². The smallest absolute Gasteiger partial charge is 0.319 e. The Morgan fingerprint density at radius 2 is 1.74 bits per heavy atom. The van der Waals surface area contributed by atoms with Gasteiger partial charge in [-0.25, -0.2) is 4.79 Å². The van der Waals surface area contributed by atoms with Crippen molar-refractivity contribution in [1.29, 1.82) is 0 Å². The van der Waals surface area contributed by atoms with E-state index >= 15 is 0 Å². The SMILES string of the molecule is Cl.NC(=O)N(CCn1c2c(c3ccccc31)CCNCC2)c1ccccc1. The lowest BCUT2D eigenvalue weighted by Gasteiger charge is -2.22. The molecule has 1 aliphatic heterocycles. The quantitative estimate of drug-likeness (QED) is 0.724. The number of hydrogen-bond acceptors (Lipinski definition) is 2. The van der Waals surface area contributed by atoms with E-state index in [-0.39, 0.29) is 12.4 Å². The maximum atomic E-state index is 12.0. The molecule has 0 saturated carbocycles. The molecule has 0 aliphatic carbocycles. The Kier molecular flexibility index (Phi) is 6.04. The number of nitrogens with zero attached hydrogens (tertiary/aromatic N) is 2. The highest BCUT2D eigenvalue weighted by atomic mass is 35.5. The highest BCUT2D eigenvalue weighted by molar-refractivity contribution is 5.90. The van der Waals surface area contributed by atoms with Crippen LogP contribution >= 0.6 is 12.4 Å². The first kappa shape index (κ1) is 19.3. The van der Waals surface area contributed by atoms with Gasteiger partial charge in [0.15, 0.2) is 0 Å². The standard InChI is InChI=1S/C21H24N4O.ClH/c22-21(26)24(16-6-2-1-3-7-16)14-15-25-19-9-5-4-8-17(19)18-10-12-23-13-11-20(18)25;/h1-9,23H,10-15H2,(H2,22,26);1H. The average Bonchev–Trinajstić information content (AvgIpc) is 2.81. The third kappa shape index (κ3) is 3.80. The number of aromatic nitrogens is 1. The second kappa shape index (κ2) is 8.46. The molecular weight excluding hydrogens is 360 g/mol. The molecule has 27 heavy (non-hydrogen) atoms. The first-order valence-electron chi connectivity index (χ1n) is 9.17. The number of amides is 2. The molecule has 0 bridgehead atoms. The Hall–Kier alpha value is -2.50. The topological polar surface area (TPSA) is 63.3 Å². The number of carbonyl (C=O) groups is 1. The number of fused-ring (bicyclic) bond motifs is 3. The molecule has 2 amide bonds. The Morgan fingerprint density at radius 1 is 1.04 bits per heavy atom. The predicted octanol–water partition coefficient (Wildman–Crippen LogP) is 3.34. The minimum Gasteiger partial charge on any atom is -0.351 e. The summed E-state index contributed by atoms with van der Waals surface area (Å²) in [5.41, 5.74) is 10.6. The van der Waals surface area contributed by atoms with Gasteiger partial charge >= 0.3 is 6.03 Å². The number of primary amides is 1. The predicted molar refractivity (Wildman–Crippen MR) is 113 cm³/mol. The highest BCUT2D eigenvalue weighted by Gasteiger charge is 2.20. The molecule has 6 heteroatoms. The van der Waals surface area contributed by atoms with E-state index in [9.17, 15) is 4.79 Å². The minimum atomic E-state index is -0.416. The molecule has 0 saturated heterocycles. The summed E-state index contributed by atoms with van der Waals surface area (Å²) in [5.74, 6) is 0. The van der Waals surface area contributed by atoms with Crippen molar-refractivity contribution in [1.82, 2.24) is 9.88 Å². The highest BCUT2D eigenvalue weighted by Crippen LogP contribution is 2.28. The summed E-state index contributed by atoms with van der Waals surface area (Å²) in [6, 6.07) is 17.8. The molecule has 3 N–H and O–H groups in total. The number of hydrogen-bond donors (Lipinski definition) is 2. The van der Waals surface area contributed by atoms with Crippen molar-refractivity contribution in [3.05, 3.63) is 65.9 Å². The number of urea groups is 1. The van der Waals surface area contributed by atoms with Crippen LogP contribution in [0.5, 0.6) is 0 Å². The van der Waals surface area contributed by atoms with Crippen LogP contribution in [0.15, 0.2) is 54.6 Å². The average molecular weight is 385 g/mol. The third-order valence-corrected chi connectivity index (χ3v) is 5.17. The van der Waals surface area contributed by atoms with E-state index in [1.165, 1.54) is 22.2 Å². The molecule has 3 aromatic rings. The summed E-state index contributed by atoms with van der Waals surface area (Å²) >= 11 is 0. The fourth-order valence-corrected chi connectivity index (χ4v) is 3.97. The first-order valence-corrected chi connectivity index (χ1v) is 9.17. The fraction of sp³-hybridized carbons (Fsp3) is 0.286. The van der Waals surface area contributed by atoms with Crippen molar-refractivity contribution in [3.8, 4) is 0 Å². The fourth-order valence-electron chi connectivity index (χ4n) is 3.97. The number of halogens is 1. The molecule has 0 fully saturated rings. The van der Waals surface area contributed by atoms with Crippen LogP contribution in [0.1, 0.15) is 11.3 Å². The normalized spacial score (nSPS) is 13.5. The van der Waals surface area contributed by atoms with Crippen molar-refractivity contribution in [3.63, 3.8) is 0 Å². The van der Waals surface area contributed by atoms with Crippen LogP contribution in [-0.4, -0.2) is 30.2 Å². The minimum absolute atomic E-state index is 0. The second-order valence-corrected chi connectivity index (χ2v) is 6.67. The van der Waals surface area contributed by atoms with Gasteiger partial charge in [0.1, 0.15) is 0 Å². The van der Waals surface area contributed by atoms with Gasteiger partial charge < -0.3 is 15.6 Å². The third-order valence-electron chi connectivity index (χ3n) is 5.17. The maximum absolute atomic E-state index is 12.0. The molecule has 0 spiro atoms. The summed E-state index contributed by atoms with van der Waals surface area (Å²) in [4.78, 5) is 13.6. The van der Waals surface area contributed by atoms with E-state index in [0.717, 1.165) is 38.2 Å². The van der Waals surface area contributed by atoms with Crippen LogP contribution in [0.25, 0.3) is 10.9 Å². The van der Waals surface area contributed by atoms with Gasteiger partial charge in [-0.1, -0.05) is 36.4 Å². The molecule has 0 unspecified atom stereocenters. The van der Waals surface area contributed by atoms with E-state index in [0.29, 0.717) is 6.54 Å². The molecule has 2 heterocycles. The Bertz CT molecular complexity index is 923. The number of para-hydroxylation sites is 2. The Morgan fingerprint density at radius 3 is 2.52 bits per heavy atom. The number of anilines is 1. The molecule has 0 atom stereocenters. The van der Waals surface area contributed by atoms with E-state index < -0.39 is 6.03 Å². The Labute approximate surface area is 165 Å². The van der Waals surface area contributed by atoms with Crippen LogP contribution < -0.4 is 16.0 Å². The largest absolute Gasteiger partial charge is 0.351 e. The Balaban J connectivity index is 0.00000210. The molecule has 4 rings (SSSR count). The van der Waals surface area contributed by atoms with E-state index in [4.69, 9.17) is 5.73 Å². The number of benzene rings is 2. The van der Waals surface area contributed by atoms with Gasteiger partial charge in [-0.05, 0) is 36.7 Å². The zero-order valence-corrected chi connectivity index (χ0v) is 16.0. The lowest BCUT2D eigenvalue weighted by molar-refractivity contribution is 0.253. The molecule has 5 nitrogen and oxygen atoms in total. The van der Waals surface area contributed by atoms with E-state index in [2.05, 4.69) is 34.1 Å². The molecule has 2 aromatic carbocycles. The van der Waals surface area contributed by atoms with Gasteiger partial charge in [0.2, 0.25) is 0 Å². The van der Waals surface area contributed by atoms with Crippen LogP contribution in [0.3, 0.4) is 0 Å². The van der Waals surface area contributed by atoms with Gasteiger partial charge in [-0.15, -0.1) is 12.4 Å². The summed E-state index contributed by atoms with van der Waals surface area (Å²) in [5, 5.41) is 4.81. The van der Waals surface area contributed by atoms with Crippen LogP contribution in [0, 0.1) is 0 Å². The van der Waals surface area contributed by atoms with Gasteiger partial charge in [0, 0.05) is 48.3 Å². The summed E-state index contributed by atoms with van der Waals surface area (Å²) in [6.45, 7) is 3.28. The summed E-state index contributed by atoms with van der Waals surface area (Å²) in [7, 11) is 0. The number of nitrogens with two attached hydrogens (primary N) is 1. The summed E-state index contributed by atoms with van der Waals surface area (Å²) < 4.78 is 2.37. The van der Waals surface area contributed by atoms with Crippen LogP contribution in [0.2, 0.25) is 0 Å². The first-order chi connectivity index (χ1) is 12.8.